The van der Waals surface area contributed by atoms with Gasteiger partial charge in [-0.3, -0.25) is 4.79 Å². The van der Waals surface area contributed by atoms with Gasteiger partial charge in [0, 0.05) is 9.79 Å². The molecule has 0 saturated heterocycles. The normalized spacial score (nSPS) is 11.4. The van der Waals surface area contributed by atoms with E-state index in [-0.39, 0.29) is 6.42 Å². The monoisotopic (exact) mass is 312 g/mol. The van der Waals surface area contributed by atoms with E-state index < -0.39 is 17.7 Å². The molecule has 2 aromatic carbocycles. The first-order valence-electron chi connectivity index (χ1n) is 6.00. The largest absolute Gasteiger partial charge is 0.481 e. The van der Waals surface area contributed by atoms with Crippen molar-refractivity contribution in [2.75, 3.05) is 0 Å². The Labute approximate surface area is 123 Å². The van der Waals surface area contributed by atoms with Gasteiger partial charge in [0.15, 0.2) is 0 Å². The van der Waals surface area contributed by atoms with Gasteiger partial charge < -0.3 is 5.11 Å². The molecule has 6 heteroatoms. The molecular formula is C15H11F3O2S. The molecule has 0 fully saturated rings. The minimum atomic E-state index is -4.34. The number of rotatable bonds is 4. The van der Waals surface area contributed by atoms with E-state index in [9.17, 15) is 18.0 Å². The van der Waals surface area contributed by atoms with Crippen LogP contribution in [0.3, 0.4) is 0 Å². The van der Waals surface area contributed by atoms with Crippen LogP contribution in [0.5, 0.6) is 0 Å². The van der Waals surface area contributed by atoms with Gasteiger partial charge in [0.05, 0.1) is 12.0 Å². The third kappa shape index (κ3) is 4.53. The molecule has 0 aliphatic carbocycles. The lowest BCUT2D eigenvalue weighted by Crippen LogP contribution is -2.03. The van der Waals surface area contributed by atoms with Gasteiger partial charge in [0.25, 0.3) is 0 Å². The molecule has 0 bridgehead atoms. The molecule has 0 atom stereocenters. The van der Waals surface area contributed by atoms with Gasteiger partial charge in [0.1, 0.15) is 0 Å². The number of aliphatic carboxylic acids is 1. The maximum atomic E-state index is 12.5. The summed E-state index contributed by atoms with van der Waals surface area (Å²) in [4.78, 5) is 12.1. The van der Waals surface area contributed by atoms with Gasteiger partial charge in [-0.25, -0.2) is 0 Å². The Morgan fingerprint density at radius 2 is 1.71 bits per heavy atom. The molecule has 2 aromatic rings. The number of carbonyl (C=O) groups is 1. The van der Waals surface area contributed by atoms with E-state index >= 15 is 0 Å². The zero-order valence-corrected chi connectivity index (χ0v) is 11.5. The molecular weight excluding hydrogens is 301 g/mol. The summed E-state index contributed by atoms with van der Waals surface area (Å²) in [5, 5.41) is 8.74. The van der Waals surface area contributed by atoms with Crippen molar-refractivity contribution >= 4 is 17.7 Å². The fourth-order valence-corrected chi connectivity index (χ4v) is 2.64. The van der Waals surface area contributed by atoms with Crippen LogP contribution < -0.4 is 0 Å². The standard InChI is InChI=1S/C15H11F3O2S/c16-15(17,18)11-4-6-12(7-5-11)21-13-3-1-2-10(8-13)9-14(19)20/h1-8H,9H2,(H,19,20). The van der Waals surface area contributed by atoms with Crippen molar-refractivity contribution in [1.29, 1.82) is 0 Å². The third-order valence-corrected chi connectivity index (χ3v) is 3.67. The maximum absolute atomic E-state index is 12.5. The van der Waals surface area contributed by atoms with E-state index in [1.165, 1.54) is 23.9 Å². The Morgan fingerprint density at radius 1 is 1.05 bits per heavy atom. The fraction of sp³-hybridized carbons (Fsp3) is 0.133. The lowest BCUT2D eigenvalue weighted by atomic mass is 10.2. The van der Waals surface area contributed by atoms with Crippen molar-refractivity contribution in [2.24, 2.45) is 0 Å². The average Bonchev–Trinajstić information content (AvgIpc) is 2.38. The Morgan fingerprint density at radius 3 is 2.29 bits per heavy atom. The molecule has 2 nitrogen and oxygen atoms in total. The van der Waals surface area contributed by atoms with E-state index in [4.69, 9.17) is 5.11 Å². The van der Waals surface area contributed by atoms with E-state index in [0.717, 1.165) is 17.0 Å². The number of alkyl halides is 3. The summed E-state index contributed by atoms with van der Waals surface area (Å²) in [5.74, 6) is -0.924. The van der Waals surface area contributed by atoms with Crippen molar-refractivity contribution in [3.8, 4) is 0 Å². The van der Waals surface area contributed by atoms with Gasteiger partial charge >= 0.3 is 12.1 Å². The molecule has 0 aliphatic rings. The highest BCUT2D eigenvalue weighted by Gasteiger charge is 2.29. The first-order valence-corrected chi connectivity index (χ1v) is 6.82. The van der Waals surface area contributed by atoms with Crippen LogP contribution in [0, 0.1) is 0 Å². The second kappa shape index (κ2) is 6.22. The summed E-state index contributed by atoms with van der Waals surface area (Å²) in [5.41, 5.74) is -0.0362. The molecule has 0 unspecified atom stereocenters. The lowest BCUT2D eigenvalue weighted by Gasteiger charge is -2.08. The molecule has 21 heavy (non-hydrogen) atoms. The van der Waals surface area contributed by atoms with Crippen molar-refractivity contribution in [3.05, 3.63) is 59.7 Å². The molecule has 0 aromatic heterocycles. The van der Waals surface area contributed by atoms with Gasteiger partial charge in [0.2, 0.25) is 0 Å². The predicted molar refractivity (Wildman–Crippen MR) is 73.3 cm³/mol. The van der Waals surface area contributed by atoms with Gasteiger partial charge in [-0.05, 0) is 42.0 Å². The smallest absolute Gasteiger partial charge is 0.416 e. The summed E-state index contributed by atoms with van der Waals surface area (Å²) in [6.07, 6.45) is -4.42. The number of benzene rings is 2. The highest BCUT2D eigenvalue weighted by molar-refractivity contribution is 7.99. The summed E-state index contributed by atoms with van der Waals surface area (Å²) in [6, 6.07) is 11.8. The molecule has 0 radical (unpaired) electrons. The van der Waals surface area contributed by atoms with Gasteiger partial charge in [-0.2, -0.15) is 13.2 Å². The zero-order valence-electron chi connectivity index (χ0n) is 10.7. The van der Waals surface area contributed by atoms with Gasteiger partial charge in [-0.15, -0.1) is 0 Å². The van der Waals surface area contributed by atoms with E-state index in [1.54, 1.807) is 24.3 Å². The highest BCUT2D eigenvalue weighted by Crippen LogP contribution is 2.33. The van der Waals surface area contributed by atoms with E-state index in [1.807, 2.05) is 0 Å². The van der Waals surface area contributed by atoms with Crippen molar-refractivity contribution in [1.82, 2.24) is 0 Å². The van der Waals surface area contributed by atoms with Crippen LogP contribution in [0.4, 0.5) is 13.2 Å². The van der Waals surface area contributed by atoms with Crippen LogP contribution in [-0.4, -0.2) is 11.1 Å². The minimum Gasteiger partial charge on any atom is -0.481 e. The van der Waals surface area contributed by atoms with Crippen LogP contribution in [-0.2, 0) is 17.4 Å². The Hall–Kier alpha value is -1.95. The van der Waals surface area contributed by atoms with Crippen LogP contribution >= 0.6 is 11.8 Å². The first kappa shape index (κ1) is 15.4. The molecule has 2 rings (SSSR count). The summed E-state index contributed by atoms with van der Waals surface area (Å²) in [6.45, 7) is 0. The topological polar surface area (TPSA) is 37.3 Å². The second-order valence-electron chi connectivity index (χ2n) is 4.34. The molecule has 110 valence electrons. The minimum absolute atomic E-state index is 0.0819. The second-order valence-corrected chi connectivity index (χ2v) is 5.49. The van der Waals surface area contributed by atoms with Crippen molar-refractivity contribution < 1.29 is 23.1 Å². The predicted octanol–water partition coefficient (Wildman–Crippen LogP) is 4.48. The lowest BCUT2D eigenvalue weighted by molar-refractivity contribution is -0.138. The Bertz CT molecular complexity index is 636. The summed E-state index contributed by atoms with van der Waals surface area (Å²) < 4.78 is 37.4. The average molecular weight is 312 g/mol. The van der Waals surface area contributed by atoms with Gasteiger partial charge in [-0.1, -0.05) is 23.9 Å². The summed E-state index contributed by atoms with van der Waals surface area (Å²) >= 11 is 1.29. The zero-order chi connectivity index (χ0) is 15.5. The maximum Gasteiger partial charge on any atom is 0.416 e. The number of hydrogen-bond acceptors (Lipinski definition) is 2. The molecule has 1 N–H and O–H groups in total. The van der Waals surface area contributed by atoms with Crippen LogP contribution in [0.15, 0.2) is 58.3 Å². The van der Waals surface area contributed by atoms with E-state index in [2.05, 4.69) is 0 Å². The van der Waals surface area contributed by atoms with E-state index in [0.29, 0.717) is 10.5 Å². The molecule has 0 heterocycles. The SMILES string of the molecule is O=C(O)Cc1cccc(Sc2ccc(C(F)(F)F)cc2)c1. The first-order chi connectivity index (χ1) is 9.84. The van der Waals surface area contributed by atoms with Crippen molar-refractivity contribution in [3.63, 3.8) is 0 Å². The number of carboxylic acid groups (broad SMARTS) is 1. The highest BCUT2D eigenvalue weighted by atomic mass is 32.2. The van der Waals surface area contributed by atoms with Crippen LogP contribution in [0.25, 0.3) is 0 Å². The third-order valence-electron chi connectivity index (χ3n) is 2.67. The number of hydrogen-bond donors (Lipinski definition) is 1. The quantitative estimate of drug-likeness (QED) is 0.904. The van der Waals surface area contributed by atoms with Crippen LogP contribution in [0.2, 0.25) is 0 Å². The Kier molecular flexibility index (Phi) is 4.57. The number of carboxylic acids is 1. The Balaban J connectivity index is 2.13. The number of halogens is 3. The molecule has 0 amide bonds. The fourth-order valence-electron chi connectivity index (χ4n) is 1.74. The summed E-state index contributed by atoms with van der Waals surface area (Å²) in [7, 11) is 0. The molecule has 0 spiro atoms. The molecule has 0 aliphatic heterocycles. The molecule has 0 saturated carbocycles. The van der Waals surface area contributed by atoms with Crippen LogP contribution in [0.1, 0.15) is 11.1 Å². The van der Waals surface area contributed by atoms with Crippen molar-refractivity contribution in [2.45, 2.75) is 22.4 Å².